The van der Waals surface area contributed by atoms with Gasteiger partial charge in [-0.05, 0) is 43.0 Å². The highest BCUT2D eigenvalue weighted by Gasteiger charge is 2.37. The summed E-state index contributed by atoms with van der Waals surface area (Å²) in [6.07, 6.45) is 2.84. The molecule has 0 aliphatic carbocycles. The van der Waals surface area contributed by atoms with Crippen molar-refractivity contribution in [1.82, 2.24) is 20.2 Å². The number of ether oxygens (including phenoxy) is 1. The molecule has 0 spiro atoms. The highest BCUT2D eigenvalue weighted by Crippen LogP contribution is 2.35. The molecule has 4 N–H and O–H groups in total. The number of carbonyl (C=O) groups excluding carboxylic acids is 2. The first-order valence-electron chi connectivity index (χ1n) is 12.2. The van der Waals surface area contributed by atoms with Crippen LogP contribution in [-0.4, -0.2) is 53.6 Å². The average Bonchev–Trinajstić information content (AvgIpc) is 3.57. The van der Waals surface area contributed by atoms with E-state index in [9.17, 15) is 9.59 Å². The Morgan fingerprint density at radius 1 is 1.22 bits per heavy atom. The van der Waals surface area contributed by atoms with Crippen molar-refractivity contribution >= 4 is 29.1 Å². The Morgan fingerprint density at radius 3 is 2.67 bits per heavy atom. The van der Waals surface area contributed by atoms with Crippen LogP contribution >= 0.6 is 0 Å². The van der Waals surface area contributed by atoms with Crippen LogP contribution in [0.2, 0.25) is 0 Å². The van der Waals surface area contributed by atoms with Gasteiger partial charge in [0.05, 0.1) is 36.4 Å². The SMILES string of the molecule is COC(=O)N[C@H](C(=O)N1CCC[C@H]1c1ncc(-c2ccc(N)c(N(C)c3ccccc3)c2)[nH]1)C(C)C. The van der Waals surface area contributed by atoms with E-state index < -0.39 is 12.1 Å². The van der Waals surface area contributed by atoms with E-state index in [0.717, 1.165) is 41.3 Å². The molecule has 1 aliphatic heterocycles. The number of hydrogen-bond acceptors (Lipinski definition) is 6. The number of H-pyrrole nitrogens is 1. The molecule has 4 rings (SSSR count). The number of nitrogens with zero attached hydrogens (tertiary/aromatic N) is 3. The molecule has 190 valence electrons. The first-order valence-corrected chi connectivity index (χ1v) is 12.2. The number of methoxy groups -OCH3 is 1. The number of aromatic amines is 1. The van der Waals surface area contributed by atoms with Gasteiger partial charge in [0.1, 0.15) is 11.9 Å². The minimum absolute atomic E-state index is 0.0835. The van der Waals surface area contributed by atoms with Crippen molar-refractivity contribution in [3.8, 4) is 11.3 Å². The lowest BCUT2D eigenvalue weighted by atomic mass is 10.0. The standard InChI is InChI=1S/C27H34N6O3/c1-17(2)24(31-27(35)36-4)26(34)33-14-8-11-22(33)25-29-16-21(30-25)18-12-13-20(28)23(15-18)32(3)19-9-6-5-7-10-19/h5-7,9-10,12-13,15-17,22,24H,8,11,14,28H2,1-4H3,(H,29,30)(H,31,35)/t22-,24-/m0/s1. The van der Waals surface area contributed by atoms with Crippen molar-refractivity contribution in [2.45, 2.75) is 38.8 Å². The number of amides is 2. The van der Waals surface area contributed by atoms with Crippen LogP contribution < -0.4 is 16.0 Å². The number of alkyl carbamates (subject to hydrolysis) is 1. The van der Waals surface area contributed by atoms with Crippen LogP contribution in [0, 0.1) is 5.92 Å². The van der Waals surface area contributed by atoms with Crippen LogP contribution in [0.1, 0.15) is 38.6 Å². The van der Waals surface area contributed by atoms with Gasteiger partial charge >= 0.3 is 6.09 Å². The number of hydrogen-bond donors (Lipinski definition) is 3. The Bertz CT molecular complexity index is 1210. The van der Waals surface area contributed by atoms with Gasteiger partial charge in [0.25, 0.3) is 0 Å². The quantitative estimate of drug-likeness (QED) is 0.421. The molecule has 1 fully saturated rings. The largest absolute Gasteiger partial charge is 0.453 e. The number of likely N-dealkylation sites (tertiary alicyclic amines) is 1. The summed E-state index contributed by atoms with van der Waals surface area (Å²) in [5, 5.41) is 2.68. The number of rotatable bonds is 7. The lowest BCUT2D eigenvalue weighted by Gasteiger charge is -2.30. The Balaban J connectivity index is 1.57. The van der Waals surface area contributed by atoms with Crippen LogP contribution in [0.15, 0.2) is 54.7 Å². The highest BCUT2D eigenvalue weighted by atomic mass is 16.5. The van der Waals surface area contributed by atoms with Crippen LogP contribution in [-0.2, 0) is 9.53 Å². The molecule has 2 amide bonds. The molecular weight excluding hydrogens is 456 g/mol. The number of imidazole rings is 1. The zero-order valence-electron chi connectivity index (χ0n) is 21.2. The number of aromatic nitrogens is 2. The van der Waals surface area contributed by atoms with E-state index in [-0.39, 0.29) is 17.9 Å². The van der Waals surface area contributed by atoms with E-state index in [4.69, 9.17) is 10.5 Å². The fourth-order valence-corrected chi connectivity index (χ4v) is 4.64. The second-order valence-corrected chi connectivity index (χ2v) is 9.40. The molecule has 3 aromatic rings. The molecule has 36 heavy (non-hydrogen) atoms. The number of nitrogens with two attached hydrogens (primary N) is 1. The zero-order chi connectivity index (χ0) is 25.8. The monoisotopic (exact) mass is 490 g/mol. The minimum Gasteiger partial charge on any atom is -0.453 e. The lowest BCUT2D eigenvalue weighted by molar-refractivity contribution is -0.135. The van der Waals surface area contributed by atoms with E-state index in [0.29, 0.717) is 12.2 Å². The summed E-state index contributed by atoms with van der Waals surface area (Å²) in [7, 11) is 3.28. The second-order valence-electron chi connectivity index (χ2n) is 9.40. The summed E-state index contributed by atoms with van der Waals surface area (Å²) in [5.74, 6) is 0.515. The fraction of sp³-hybridized carbons (Fsp3) is 0.370. The summed E-state index contributed by atoms with van der Waals surface area (Å²) in [6.45, 7) is 4.42. The third-order valence-electron chi connectivity index (χ3n) is 6.68. The van der Waals surface area contributed by atoms with Crippen molar-refractivity contribution in [2.24, 2.45) is 5.92 Å². The molecule has 1 aromatic heterocycles. The van der Waals surface area contributed by atoms with Crippen LogP contribution in [0.5, 0.6) is 0 Å². The van der Waals surface area contributed by atoms with Crippen LogP contribution in [0.25, 0.3) is 11.3 Å². The van der Waals surface area contributed by atoms with E-state index in [1.807, 2.05) is 74.3 Å². The van der Waals surface area contributed by atoms with Crippen LogP contribution in [0.3, 0.4) is 0 Å². The minimum atomic E-state index is -0.666. The second kappa shape index (κ2) is 10.7. The summed E-state index contributed by atoms with van der Waals surface area (Å²) < 4.78 is 4.72. The molecule has 2 aromatic carbocycles. The molecular formula is C27H34N6O3. The Kier molecular flexibility index (Phi) is 7.47. The zero-order valence-corrected chi connectivity index (χ0v) is 21.2. The van der Waals surface area contributed by atoms with Crippen molar-refractivity contribution < 1.29 is 14.3 Å². The van der Waals surface area contributed by atoms with Gasteiger partial charge in [0, 0.05) is 24.8 Å². The molecule has 0 saturated carbocycles. The maximum absolute atomic E-state index is 13.4. The van der Waals surface area contributed by atoms with Gasteiger partial charge in [-0.1, -0.05) is 38.1 Å². The number of nitrogens with one attached hydrogen (secondary N) is 2. The van der Waals surface area contributed by atoms with Crippen molar-refractivity contribution in [3.05, 3.63) is 60.6 Å². The molecule has 1 saturated heterocycles. The smallest absolute Gasteiger partial charge is 0.407 e. The number of carbonyl (C=O) groups is 2. The molecule has 0 bridgehead atoms. The van der Waals surface area contributed by atoms with Gasteiger partial charge in [-0.15, -0.1) is 0 Å². The number of benzene rings is 2. The number of para-hydroxylation sites is 1. The lowest BCUT2D eigenvalue weighted by Crippen LogP contribution is -2.51. The maximum atomic E-state index is 13.4. The van der Waals surface area contributed by atoms with Gasteiger partial charge in [-0.3, -0.25) is 4.79 Å². The van der Waals surface area contributed by atoms with Gasteiger partial charge in [-0.25, -0.2) is 9.78 Å². The summed E-state index contributed by atoms with van der Waals surface area (Å²) in [6, 6.07) is 15.1. The predicted octanol–water partition coefficient (Wildman–Crippen LogP) is 4.47. The number of anilines is 3. The Hall–Kier alpha value is -4.01. The molecule has 0 unspecified atom stereocenters. The fourth-order valence-electron chi connectivity index (χ4n) is 4.64. The molecule has 1 aliphatic rings. The number of nitrogen functional groups attached to an aromatic ring is 1. The topological polar surface area (TPSA) is 117 Å². The summed E-state index contributed by atoms with van der Waals surface area (Å²) in [4.78, 5) is 37.1. The first kappa shape index (κ1) is 25.1. The van der Waals surface area contributed by atoms with Gasteiger partial charge in [0.2, 0.25) is 5.91 Å². The van der Waals surface area contributed by atoms with E-state index in [2.05, 4.69) is 15.3 Å². The van der Waals surface area contributed by atoms with Crippen LogP contribution in [0.4, 0.5) is 21.9 Å². The normalized spacial score (nSPS) is 16.1. The Labute approximate surface area is 211 Å². The summed E-state index contributed by atoms with van der Waals surface area (Å²) in [5.41, 5.74) is 10.7. The molecule has 0 radical (unpaired) electrons. The van der Waals surface area contributed by atoms with Gasteiger partial charge in [0.15, 0.2) is 0 Å². The van der Waals surface area contributed by atoms with E-state index in [1.165, 1.54) is 7.11 Å². The molecule has 2 heterocycles. The van der Waals surface area contributed by atoms with Crippen molar-refractivity contribution in [3.63, 3.8) is 0 Å². The molecule has 9 nitrogen and oxygen atoms in total. The highest BCUT2D eigenvalue weighted by molar-refractivity contribution is 5.86. The molecule has 9 heteroatoms. The third-order valence-corrected chi connectivity index (χ3v) is 6.68. The molecule has 2 atom stereocenters. The first-order chi connectivity index (χ1) is 17.3. The predicted molar refractivity (Wildman–Crippen MR) is 141 cm³/mol. The average molecular weight is 491 g/mol. The summed E-state index contributed by atoms with van der Waals surface area (Å²) >= 11 is 0. The maximum Gasteiger partial charge on any atom is 0.407 e. The van der Waals surface area contributed by atoms with Crippen molar-refractivity contribution in [2.75, 3.05) is 31.3 Å². The van der Waals surface area contributed by atoms with Gasteiger partial charge in [-0.2, -0.15) is 0 Å². The third kappa shape index (κ3) is 5.15. The van der Waals surface area contributed by atoms with E-state index >= 15 is 0 Å². The van der Waals surface area contributed by atoms with Crippen molar-refractivity contribution in [1.29, 1.82) is 0 Å². The van der Waals surface area contributed by atoms with E-state index in [1.54, 1.807) is 11.1 Å². The van der Waals surface area contributed by atoms with Gasteiger partial charge < -0.3 is 30.6 Å². The Morgan fingerprint density at radius 2 is 1.97 bits per heavy atom.